The Morgan fingerprint density at radius 1 is 1.32 bits per heavy atom. The molecule has 0 radical (unpaired) electrons. The topological polar surface area (TPSA) is 75.1 Å². The molecular formula is C14H15N3O2. The van der Waals surface area contributed by atoms with E-state index in [-0.39, 0.29) is 5.92 Å². The van der Waals surface area contributed by atoms with Crippen molar-refractivity contribution < 1.29 is 9.90 Å². The Morgan fingerprint density at radius 3 is 2.63 bits per heavy atom. The maximum Gasteiger partial charge on any atom is 0.326 e. The number of carboxylic acids is 1. The molecule has 3 rings (SSSR count). The van der Waals surface area contributed by atoms with Gasteiger partial charge in [-0.3, -0.25) is 0 Å². The van der Waals surface area contributed by atoms with E-state index in [2.05, 4.69) is 15.5 Å². The van der Waals surface area contributed by atoms with Gasteiger partial charge in [0.1, 0.15) is 6.04 Å². The van der Waals surface area contributed by atoms with E-state index >= 15 is 0 Å². The van der Waals surface area contributed by atoms with Crippen molar-refractivity contribution in [2.75, 3.05) is 5.32 Å². The molecule has 2 N–H and O–H groups in total. The number of aliphatic carboxylic acids is 1. The van der Waals surface area contributed by atoms with Crippen molar-refractivity contribution in [3.8, 4) is 0 Å². The number of carbonyl (C=O) groups is 1. The van der Waals surface area contributed by atoms with E-state index in [4.69, 9.17) is 0 Å². The van der Waals surface area contributed by atoms with Crippen LogP contribution >= 0.6 is 0 Å². The molecule has 2 aromatic rings. The molecule has 0 bridgehead atoms. The van der Waals surface area contributed by atoms with Crippen molar-refractivity contribution in [2.45, 2.75) is 25.8 Å². The molecular weight excluding hydrogens is 242 g/mol. The van der Waals surface area contributed by atoms with Gasteiger partial charge in [0.15, 0.2) is 5.82 Å². The van der Waals surface area contributed by atoms with Gasteiger partial charge in [0.2, 0.25) is 0 Å². The SMILES string of the molecule is Cc1nnc(NC(C(=O)O)C2CC2)c2ccccc12. The Kier molecular flexibility index (Phi) is 2.81. The minimum absolute atomic E-state index is 0.208. The minimum Gasteiger partial charge on any atom is -0.480 e. The van der Waals surface area contributed by atoms with Gasteiger partial charge >= 0.3 is 5.97 Å². The third-order valence-electron chi connectivity index (χ3n) is 3.52. The molecule has 5 heteroatoms. The largest absolute Gasteiger partial charge is 0.480 e. The van der Waals surface area contributed by atoms with E-state index < -0.39 is 12.0 Å². The summed E-state index contributed by atoms with van der Waals surface area (Å²) < 4.78 is 0. The summed E-state index contributed by atoms with van der Waals surface area (Å²) in [5.41, 5.74) is 0.847. The van der Waals surface area contributed by atoms with Gasteiger partial charge in [-0.1, -0.05) is 24.3 Å². The fourth-order valence-electron chi connectivity index (χ4n) is 2.30. The molecule has 0 amide bonds. The van der Waals surface area contributed by atoms with Crippen LogP contribution in [-0.4, -0.2) is 27.3 Å². The molecule has 1 aromatic heterocycles. The van der Waals surface area contributed by atoms with Crippen LogP contribution < -0.4 is 5.32 Å². The van der Waals surface area contributed by atoms with E-state index in [1.807, 2.05) is 31.2 Å². The number of nitrogens with zero attached hydrogens (tertiary/aromatic N) is 2. The number of fused-ring (bicyclic) bond motifs is 1. The van der Waals surface area contributed by atoms with E-state index in [0.29, 0.717) is 5.82 Å². The van der Waals surface area contributed by atoms with Gasteiger partial charge in [-0.2, -0.15) is 5.10 Å². The highest BCUT2D eigenvalue weighted by molar-refractivity contribution is 5.94. The molecule has 1 saturated carbocycles. The lowest BCUT2D eigenvalue weighted by Crippen LogP contribution is -2.31. The lowest BCUT2D eigenvalue weighted by atomic mass is 10.1. The van der Waals surface area contributed by atoms with Crippen LogP contribution in [0.25, 0.3) is 10.8 Å². The van der Waals surface area contributed by atoms with Crippen molar-refractivity contribution in [3.63, 3.8) is 0 Å². The summed E-state index contributed by atoms with van der Waals surface area (Å²) in [5, 5.41) is 22.4. The van der Waals surface area contributed by atoms with E-state index in [9.17, 15) is 9.90 Å². The number of rotatable bonds is 4. The smallest absolute Gasteiger partial charge is 0.326 e. The second-order valence-corrected chi connectivity index (χ2v) is 4.98. The average molecular weight is 257 g/mol. The zero-order valence-corrected chi connectivity index (χ0v) is 10.6. The number of carboxylic acid groups (broad SMARTS) is 1. The van der Waals surface area contributed by atoms with Crippen LogP contribution in [0.2, 0.25) is 0 Å². The number of aromatic nitrogens is 2. The molecule has 1 aromatic carbocycles. The lowest BCUT2D eigenvalue weighted by molar-refractivity contribution is -0.138. The van der Waals surface area contributed by atoms with Gasteiger partial charge in [-0.15, -0.1) is 5.10 Å². The van der Waals surface area contributed by atoms with E-state index in [1.165, 1.54) is 0 Å². The van der Waals surface area contributed by atoms with Crippen molar-refractivity contribution in [2.24, 2.45) is 5.92 Å². The number of aryl methyl sites for hydroxylation is 1. The van der Waals surface area contributed by atoms with Crippen LogP contribution in [0.15, 0.2) is 24.3 Å². The van der Waals surface area contributed by atoms with Gasteiger partial charge in [-0.05, 0) is 25.7 Å². The summed E-state index contributed by atoms with van der Waals surface area (Å²) in [4.78, 5) is 11.3. The summed E-state index contributed by atoms with van der Waals surface area (Å²) in [6.07, 6.45) is 1.92. The second kappa shape index (κ2) is 4.50. The molecule has 1 atom stereocenters. The van der Waals surface area contributed by atoms with Crippen LogP contribution in [-0.2, 0) is 4.79 Å². The summed E-state index contributed by atoms with van der Waals surface area (Å²) in [5.74, 6) is -0.0613. The van der Waals surface area contributed by atoms with Crippen LogP contribution in [0.5, 0.6) is 0 Å². The van der Waals surface area contributed by atoms with Crippen LogP contribution in [0.3, 0.4) is 0 Å². The van der Waals surface area contributed by atoms with E-state index in [0.717, 1.165) is 29.3 Å². The molecule has 1 aliphatic carbocycles. The fourth-order valence-corrected chi connectivity index (χ4v) is 2.30. The van der Waals surface area contributed by atoms with E-state index in [1.54, 1.807) is 0 Å². The van der Waals surface area contributed by atoms with Gasteiger partial charge in [0.25, 0.3) is 0 Å². The van der Waals surface area contributed by atoms with Crippen molar-refractivity contribution in [1.29, 1.82) is 0 Å². The first-order valence-corrected chi connectivity index (χ1v) is 6.38. The van der Waals surface area contributed by atoms with Crippen LogP contribution in [0.4, 0.5) is 5.82 Å². The summed E-state index contributed by atoms with van der Waals surface area (Å²) in [6.45, 7) is 1.90. The number of anilines is 1. The highest BCUT2D eigenvalue weighted by atomic mass is 16.4. The Labute approximate surface area is 110 Å². The molecule has 19 heavy (non-hydrogen) atoms. The Balaban J connectivity index is 2.00. The Morgan fingerprint density at radius 2 is 2.00 bits per heavy atom. The number of benzene rings is 1. The predicted molar refractivity (Wildman–Crippen MR) is 72.0 cm³/mol. The molecule has 0 aliphatic heterocycles. The van der Waals surface area contributed by atoms with Crippen molar-refractivity contribution in [3.05, 3.63) is 30.0 Å². The normalized spacial score (nSPS) is 16.3. The maximum atomic E-state index is 11.3. The molecule has 0 saturated heterocycles. The average Bonchev–Trinajstić information content (AvgIpc) is 3.22. The predicted octanol–water partition coefficient (Wildman–Crippen LogP) is 2.21. The first kappa shape index (κ1) is 11.9. The molecule has 1 unspecified atom stereocenters. The highest BCUT2D eigenvalue weighted by Gasteiger charge is 2.36. The maximum absolute atomic E-state index is 11.3. The molecule has 5 nitrogen and oxygen atoms in total. The number of nitrogens with one attached hydrogen (secondary N) is 1. The molecule has 1 heterocycles. The van der Waals surface area contributed by atoms with Crippen LogP contribution in [0.1, 0.15) is 18.5 Å². The Bertz CT molecular complexity index is 638. The van der Waals surface area contributed by atoms with Gasteiger partial charge < -0.3 is 10.4 Å². The second-order valence-electron chi connectivity index (χ2n) is 4.98. The molecule has 1 fully saturated rings. The zero-order chi connectivity index (χ0) is 13.4. The quantitative estimate of drug-likeness (QED) is 0.878. The highest BCUT2D eigenvalue weighted by Crippen LogP contribution is 2.35. The molecule has 0 spiro atoms. The zero-order valence-electron chi connectivity index (χ0n) is 10.6. The fraction of sp³-hybridized carbons (Fsp3) is 0.357. The third-order valence-corrected chi connectivity index (χ3v) is 3.52. The van der Waals surface area contributed by atoms with Crippen LogP contribution in [0, 0.1) is 12.8 Å². The number of hydrogen-bond donors (Lipinski definition) is 2. The van der Waals surface area contributed by atoms with Gasteiger partial charge in [0.05, 0.1) is 5.69 Å². The first-order valence-electron chi connectivity index (χ1n) is 6.38. The minimum atomic E-state index is -0.825. The summed E-state index contributed by atoms with van der Waals surface area (Å²) >= 11 is 0. The summed E-state index contributed by atoms with van der Waals surface area (Å²) in [6, 6.07) is 7.20. The van der Waals surface area contributed by atoms with Crippen molar-refractivity contribution >= 4 is 22.6 Å². The molecule has 98 valence electrons. The summed E-state index contributed by atoms with van der Waals surface area (Å²) in [7, 11) is 0. The lowest BCUT2D eigenvalue weighted by Gasteiger charge is -2.15. The monoisotopic (exact) mass is 257 g/mol. The van der Waals surface area contributed by atoms with Gasteiger partial charge in [0, 0.05) is 10.8 Å². The van der Waals surface area contributed by atoms with Crippen molar-refractivity contribution in [1.82, 2.24) is 10.2 Å². The van der Waals surface area contributed by atoms with Gasteiger partial charge in [-0.25, -0.2) is 4.79 Å². The third kappa shape index (κ3) is 2.23. The number of hydrogen-bond acceptors (Lipinski definition) is 4. The standard InChI is InChI=1S/C14H15N3O2/c1-8-10-4-2-3-5-11(10)13(17-16-8)15-12(14(18)19)9-6-7-9/h2-5,9,12H,6-7H2,1H3,(H,15,17)(H,18,19). The first-order chi connectivity index (χ1) is 9.16. The molecule has 1 aliphatic rings. The Hall–Kier alpha value is -2.17.